The highest BCUT2D eigenvalue weighted by Gasteiger charge is 2.26. The Hall–Kier alpha value is -3.34. The lowest BCUT2D eigenvalue weighted by Crippen LogP contribution is -2.36. The first-order valence-corrected chi connectivity index (χ1v) is 10.7. The Kier molecular flexibility index (Phi) is 5.94. The smallest absolute Gasteiger partial charge is 0.246 e. The van der Waals surface area contributed by atoms with Gasteiger partial charge in [-0.1, -0.05) is 42.5 Å². The second kappa shape index (κ2) is 8.80. The van der Waals surface area contributed by atoms with E-state index in [0.717, 1.165) is 28.9 Å². The van der Waals surface area contributed by atoms with Crippen LogP contribution < -0.4 is 4.74 Å². The highest BCUT2D eigenvalue weighted by atomic mass is 16.5. The quantitative estimate of drug-likeness (QED) is 0.562. The number of benzene rings is 2. The number of amides is 1. The second-order valence-electron chi connectivity index (χ2n) is 8.89. The van der Waals surface area contributed by atoms with Gasteiger partial charge in [0.2, 0.25) is 5.91 Å². The minimum absolute atomic E-state index is 0.0264. The molecule has 0 bridgehead atoms. The summed E-state index contributed by atoms with van der Waals surface area (Å²) >= 11 is 0. The van der Waals surface area contributed by atoms with Crippen LogP contribution in [0.2, 0.25) is 0 Å². The molecule has 5 nitrogen and oxygen atoms in total. The van der Waals surface area contributed by atoms with E-state index in [2.05, 4.69) is 30.6 Å². The van der Waals surface area contributed by atoms with E-state index in [-0.39, 0.29) is 11.4 Å². The van der Waals surface area contributed by atoms with Crippen LogP contribution in [0.5, 0.6) is 5.75 Å². The van der Waals surface area contributed by atoms with E-state index >= 15 is 0 Å². The first-order chi connectivity index (χ1) is 14.9. The Balaban J connectivity index is 1.33. The van der Waals surface area contributed by atoms with Gasteiger partial charge in [-0.2, -0.15) is 5.10 Å². The van der Waals surface area contributed by atoms with Crippen LogP contribution in [0.4, 0.5) is 0 Å². The molecule has 2 heterocycles. The van der Waals surface area contributed by atoms with Crippen molar-refractivity contribution in [2.75, 3.05) is 6.54 Å². The Bertz CT molecular complexity index is 1060. The summed E-state index contributed by atoms with van der Waals surface area (Å²) in [6, 6.07) is 17.9. The third kappa shape index (κ3) is 5.05. The van der Waals surface area contributed by atoms with Crippen LogP contribution in [0.25, 0.3) is 6.08 Å². The number of nitrogens with zero attached hydrogens (tertiary/aromatic N) is 3. The van der Waals surface area contributed by atoms with Crippen LogP contribution in [0.15, 0.2) is 66.9 Å². The van der Waals surface area contributed by atoms with E-state index in [1.54, 1.807) is 6.08 Å². The Labute approximate surface area is 184 Å². The van der Waals surface area contributed by atoms with Gasteiger partial charge >= 0.3 is 0 Å². The molecule has 0 aliphatic carbocycles. The molecule has 0 saturated carbocycles. The fourth-order valence-electron chi connectivity index (χ4n) is 3.79. The molecule has 1 aliphatic heterocycles. The predicted octanol–water partition coefficient (Wildman–Crippen LogP) is 4.82. The number of aromatic nitrogens is 2. The van der Waals surface area contributed by atoms with E-state index in [1.807, 2.05) is 71.8 Å². The molecule has 0 fully saturated rings. The fraction of sp³-hybridized carbons (Fsp3) is 0.308. The zero-order valence-corrected chi connectivity index (χ0v) is 18.4. The van der Waals surface area contributed by atoms with Gasteiger partial charge < -0.3 is 9.64 Å². The SMILES string of the molecule is CC(C)(C)n1ncc2c1CCN(C(=O)/C=C/c1ccc(OCc3ccccc3)cc1)C2. The second-order valence-corrected chi connectivity index (χ2v) is 8.89. The molecule has 0 radical (unpaired) electrons. The molecule has 3 aromatic rings. The normalized spacial score (nSPS) is 14.0. The van der Waals surface area contributed by atoms with Crippen molar-refractivity contribution in [3.8, 4) is 5.75 Å². The van der Waals surface area contributed by atoms with Crippen LogP contribution in [0.1, 0.15) is 43.2 Å². The number of rotatable bonds is 5. The standard InChI is InChI=1S/C26H29N3O2/c1-26(2,3)29-24-15-16-28(18-22(24)17-27-29)25(30)14-11-20-9-12-23(13-10-20)31-19-21-7-5-4-6-8-21/h4-14,17H,15-16,18-19H2,1-3H3/b14-11+. The summed E-state index contributed by atoms with van der Waals surface area (Å²) in [5.74, 6) is 0.838. The lowest BCUT2D eigenvalue weighted by molar-refractivity contribution is -0.126. The summed E-state index contributed by atoms with van der Waals surface area (Å²) in [5, 5.41) is 4.55. The maximum absolute atomic E-state index is 12.7. The van der Waals surface area contributed by atoms with E-state index < -0.39 is 0 Å². The Morgan fingerprint density at radius 3 is 2.55 bits per heavy atom. The molecular formula is C26H29N3O2. The average molecular weight is 416 g/mol. The third-order valence-corrected chi connectivity index (χ3v) is 5.43. The molecule has 1 amide bonds. The molecule has 0 spiro atoms. The molecule has 5 heteroatoms. The van der Waals surface area contributed by atoms with Crippen LogP contribution >= 0.6 is 0 Å². The summed E-state index contributed by atoms with van der Waals surface area (Å²) < 4.78 is 7.90. The predicted molar refractivity (Wildman–Crippen MR) is 123 cm³/mol. The van der Waals surface area contributed by atoms with Gasteiger partial charge in [0.05, 0.1) is 11.7 Å². The number of ether oxygens (including phenoxy) is 1. The van der Waals surface area contributed by atoms with Crippen molar-refractivity contribution in [3.63, 3.8) is 0 Å². The number of carbonyl (C=O) groups excluding carboxylic acids is 1. The fourth-order valence-corrected chi connectivity index (χ4v) is 3.79. The van der Waals surface area contributed by atoms with Crippen LogP contribution in [-0.4, -0.2) is 27.1 Å². The van der Waals surface area contributed by atoms with Crippen LogP contribution in [0.3, 0.4) is 0 Å². The molecule has 31 heavy (non-hydrogen) atoms. The van der Waals surface area contributed by atoms with Gasteiger partial charge in [0.25, 0.3) is 0 Å². The molecular weight excluding hydrogens is 386 g/mol. The molecule has 2 aromatic carbocycles. The topological polar surface area (TPSA) is 47.4 Å². The Morgan fingerprint density at radius 1 is 1.10 bits per heavy atom. The highest BCUT2D eigenvalue weighted by Crippen LogP contribution is 2.24. The lowest BCUT2D eigenvalue weighted by atomic mass is 10.0. The van der Waals surface area contributed by atoms with Crippen molar-refractivity contribution in [3.05, 3.63) is 89.3 Å². The largest absolute Gasteiger partial charge is 0.489 e. The van der Waals surface area contributed by atoms with Gasteiger partial charge in [-0.25, -0.2) is 0 Å². The van der Waals surface area contributed by atoms with Gasteiger partial charge in [0, 0.05) is 36.8 Å². The minimum Gasteiger partial charge on any atom is -0.489 e. The van der Waals surface area contributed by atoms with Crippen LogP contribution in [-0.2, 0) is 29.9 Å². The summed E-state index contributed by atoms with van der Waals surface area (Å²) in [7, 11) is 0. The van der Waals surface area contributed by atoms with Crippen molar-refractivity contribution < 1.29 is 9.53 Å². The molecule has 0 unspecified atom stereocenters. The summed E-state index contributed by atoms with van der Waals surface area (Å²) in [6.07, 6.45) is 6.24. The molecule has 1 aromatic heterocycles. The zero-order chi connectivity index (χ0) is 21.8. The van der Waals surface area contributed by atoms with Crippen molar-refractivity contribution in [2.45, 2.75) is 45.9 Å². The number of hydrogen-bond donors (Lipinski definition) is 0. The van der Waals surface area contributed by atoms with E-state index in [9.17, 15) is 4.79 Å². The molecule has 0 saturated heterocycles. The first-order valence-electron chi connectivity index (χ1n) is 10.7. The maximum atomic E-state index is 12.7. The van der Waals surface area contributed by atoms with Crippen LogP contribution in [0, 0.1) is 0 Å². The monoisotopic (exact) mass is 415 g/mol. The maximum Gasteiger partial charge on any atom is 0.246 e. The highest BCUT2D eigenvalue weighted by molar-refractivity contribution is 5.91. The number of hydrogen-bond acceptors (Lipinski definition) is 3. The third-order valence-electron chi connectivity index (χ3n) is 5.43. The lowest BCUT2D eigenvalue weighted by Gasteiger charge is -2.29. The molecule has 0 N–H and O–H groups in total. The zero-order valence-electron chi connectivity index (χ0n) is 18.4. The Morgan fingerprint density at radius 2 is 1.84 bits per heavy atom. The average Bonchev–Trinajstić information content (AvgIpc) is 3.21. The van der Waals surface area contributed by atoms with Gasteiger partial charge in [0.15, 0.2) is 0 Å². The van der Waals surface area contributed by atoms with E-state index in [1.165, 1.54) is 5.69 Å². The van der Waals surface area contributed by atoms with Gasteiger partial charge in [-0.05, 0) is 50.1 Å². The minimum atomic E-state index is -0.0450. The van der Waals surface area contributed by atoms with E-state index in [4.69, 9.17) is 4.74 Å². The van der Waals surface area contributed by atoms with Gasteiger partial charge in [-0.15, -0.1) is 0 Å². The summed E-state index contributed by atoms with van der Waals surface area (Å²) in [6.45, 7) is 8.32. The van der Waals surface area contributed by atoms with Crippen molar-refractivity contribution in [1.29, 1.82) is 0 Å². The van der Waals surface area contributed by atoms with Gasteiger partial charge in [0.1, 0.15) is 12.4 Å². The number of carbonyl (C=O) groups is 1. The van der Waals surface area contributed by atoms with Gasteiger partial charge in [-0.3, -0.25) is 9.48 Å². The van der Waals surface area contributed by atoms with E-state index in [0.29, 0.717) is 19.7 Å². The summed E-state index contributed by atoms with van der Waals surface area (Å²) in [5.41, 5.74) is 4.44. The first kappa shape index (κ1) is 20.9. The summed E-state index contributed by atoms with van der Waals surface area (Å²) in [4.78, 5) is 14.6. The van der Waals surface area contributed by atoms with Crippen molar-refractivity contribution >= 4 is 12.0 Å². The molecule has 0 atom stereocenters. The van der Waals surface area contributed by atoms with Crippen molar-refractivity contribution in [1.82, 2.24) is 14.7 Å². The van der Waals surface area contributed by atoms with Crippen molar-refractivity contribution in [2.24, 2.45) is 0 Å². The molecule has 160 valence electrons. The number of fused-ring (bicyclic) bond motifs is 1. The molecule has 4 rings (SSSR count). The molecule has 1 aliphatic rings.